The topological polar surface area (TPSA) is 151 Å². The number of nitrogens with two attached hydrogens (primary N) is 1. The van der Waals surface area contributed by atoms with Gasteiger partial charge in [0.15, 0.2) is 0 Å². The first-order chi connectivity index (χ1) is 16.4. The van der Waals surface area contributed by atoms with Gasteiger partial charge in [-0.2, -0.15) is 11.8 Å². The van der Waals surface area contributed by atoms with Crippen LogP contribution in [0, 0.1) is 0 Å². The molecule has 4 amide bonds. The van der Waals surface area contributed by atoms with Gasteiger partial charge in [0.05, 0.1) is 0 Å². The quantitative estimate of drug-likeness (QED) is 0.150. The highest BCUT2D eigenvalue weighted by molar-refractivity contribution is 7.99. The summed E-state index contributed by atoms with van der Waals surface area (Å²) in [5, 5.41) is 16.8. The summed E-state index contributed by atoms with van der Waals surface area (Å²) in [6, 6.07) is -2.83. The van der Waals surface area contributed by atoms with Crippen LogP contribution in [0.1, 0.15) is 66.7 Å². The fraction of sp³-hybridized carbons (Fsp3) is 0.600. The fourth-order valence-electron chi connectivity index (χ4n) is 3.03. The minimum atomic E-state index is -1.16. The van der Waals surface area contributed by atoms with E-state index in [-0.39, 0.29) is 18.7 Å². The van der Waals surface area contributed by atoms with Crippen LogP contribution in [-0.4, -0.2) is 59.1 Å². The third-order valence-electron chi connectivity index (χ3n) is 5.00. The molecule has 0 radical (unpaired) electrons. The Morgan fingerprint density at radius 1 is 0.886 bits per heavy atom. The van der Waals surface area contributed by atoms with Crippen molar-refractivity contribution in [3.8, 4) is 0 Å². The van der Waals surface area contributed by atoms with Crippen LogP contribution in [0.5, 0.6) is 0 Å². The van der Waals surface area contributed by atoms with E-state index in [9.17, 15) is 24.3 Å². The predicted molar refractivity (Wildman–Crippen MR) is 142 cm³/mol. The Labute approximate surface area is 213 Å². The molecule has 0 saturated carbocycles. The maximum atomic E-state index is 12.5. The Bertz CT molecular complexity index is 804. The lowest BCUT2D eigenvalue weighted by Crippen LogP contribution is -2.53. The highest BCUT2D eigenvalue weighted by Crippen LogP contribution is 2.13. The second-order valence-corrected chi connectivity index (χ2v) is 9.80. The first kappa shape index (κ1) is 32.2. The van der Waals surface area contributed by atoms with Gasteiger partial charge in [-0.15, -0.1) is 0 Å². The minimum Gasteiger partial charge on any atom is -0.480 e. The summed E-state index contributed by atoms with van der Waals surface area (Å²) < 4.78 is 0. The van der Waals surface area contributed by atoms with Crippen LogP contribution in [0.3, 0.4) is 0 Å². The van der Waals surface area contributed by atoms with E-state index in [1.165, 1.54) is 35.4 Å². The maximum absolute atomic E-state index is 12.5. The highest BCUT2D eigenvalue weighted by atomic mass is 32.2. The molecule has 6 N–H and O–H groups in total. The summed E-state index contributed by atoms with van der Waals surface area (Å²) >= 11 is 1.41. The van der Waals surface area contributed by atoms with Gasteiger partial charge in [-0.1, -0.05) is 34.9 Å². The van der Waals surface area contributed by atoms with Crippen LogP contribution >= 0.6 is 11.8 Å². The van der Waals surface area contributed by atoms with E-state index >= 15 is 0 Å². The SMILES string of the molecule is CC(=O)NC(CCNC(N)=O)C(=O)N[C@@H](CSC/C=C(\C)CC/C=C(\C)CCC=C(C)C)C(=O)O. The van der Waals surface area contributed by atoms with E-state index in [0.29, 0.717) is 5.75 Å². The number of primary amides is 1. The first-order valence-corrected chi connectivity index (χ1v) is 12.9. The average molecular weight is 511 g/mol. The van der Waals surface area contributed by atoms with Gasteiger partial charge < -0.3 is 26.8 Å². The highest BCUT2D eigenvalue weighted by Gasteiger charge is 2.25. The molecule has 2 atom stereocenters. The van der Waals surface area contributed by atoms with Gasteiger partial charge >= 0.3 is 12.0 Å². The van der Waals surface area contributed by atoms with E-state index in [2.05, 4.69) is 61.9 Å². The van der Waals surface area contributed by atoms with Crippen LogP contribution in [0.2, 0.25) is 0 Å². The number of urea groups is 1. The molecule has 0 saturated heterocycles. The number of hydrogen-bond donors (Lipinski definition) is 5. The van der Waals surface area contributed by atoms with E-state index in [1.54, 1.807) is 0 Å². The zero-order chi connectivity index (χ0) is 26.8. The molecule has 0 aliphatic heterocycles. The molecule has 9 nitrogen and oxygen atoms in total. The molecule has 0 heterocycles. The predicted octanol–water partition coefficient (Wildman–Crippen LogP) is 3.27. The zero-order valence-corrected chi connectivity index (χ0v) is 22.4. The van der Waals surface area contributed by atoms with E-state index in [4.69, 9.17) is 5.73 Å². The molecule has 0 bridgehead atoms. The lowest BCUT2D eigenvalue weighted by molar-refractivity contribution is -0.141. The smallest absolute Gasteiger partial charge is 0.327 e. The lowest BCUT2D eigenvalue weighted by atomic mass is 10.1. The van der Waals surface area contributed by atoms with Crippen molar-refractivity contribution in [2.45, 2.75) is 78.8 Å². The van der Waals surface area contributed by atoms with Crippen molar-refractivity contribution < 1.29 is 24.3 Å². The fourth-order valence-corrected chi connectivity index (χ4v) is 4.03. The van der Waals surface area contributed by atoms with Gasteiger partial charge in [-0.3, -0.25) is 9.59 Å². The zero-order valence-electron chi connectivity index (χ0n) is 21.6. The number of nitrogens with one attached hydrogen (secondary N) is 3. The number of carbonyl (C=O) groups excluding carboxylic acids is 3. The van der Waals surface area contributed by atoms with E-state index < -0.39 is 35.9 Å². The molecule has 0 aromatic carbocycles. The molecule has 0 fully saturated rings. The van der Waals surface area contributed by atoms with Crippen LogP contribution < -0.4 is 21.7 Å². The van der Waals surface area contributed by atoms with Crippen molar-refractivity contribution in [1.29, 1.82) is 0 Å². The second-order valence-electron chi connectivity index (χ2n) is 8.73. The third-order valence-corrected chi connectivity index (χ3v) is 5.97. The van der Waals surface area contributed by atoms with Crippen LogP contribution in [0.4, 0.5) is 4.79 Å². The summed E-state index contributed by atoms with van der Waals surface area (Å²) in [6.07, 6.45) is 10.7. The molecular weight excluding hydrogens is 468 g/mol. The van der Waals surface area contributed by atoms with Gasteiger partial charge in [0.25, 0.3) is 0 Å². The van der Waals surface area contributed by atoms with Crippen LogP contribution in [0.25, 0.3) is 0 Å². The van der Waals surface area contributed by atoms with Gasteiger partial charge in [-0.05, 0) is 59.8 Å². The van der Waals surface area contributed by atoms with Crippen molar-refractivity contribution in [3.05, 3.63) is 34.9 Å². The third kappa shape index (κ3) is 18.3. The summed E-state index contributed by atoms with van der Waals surface area (Å²) in [5.41, 5.74) is 8.95. The summed E-state index contributed by atoms with van der Waals surface area (Å²) in [7, 11) is 0. The summed E-state index contributed by atoms with van der Waals surface area (Å²) in [5.74, 6) is -1.41. The Morgan fingerprint density at radius 3 is 2.03 bits per heavy atom. The van der Waals surface area contributed by atoms with Crippen molar-refractivity contribution in [3.63, 3.8) is 0 Å². The number of carboxylic acid groups (broad SMARTS) is 1. The monoisotopic (exact) mass is 510 g/mol. The Kier molecular flexibility index (Phi) is 17.1. The van der Waals surface area contributed by atoms with Crippen LogP contribution in [0.15, 0.2) is 34.9 Å². The summed E-state index contributed by atoms with van der Waals surface area (Å²) in [6.45, 7) is 9.73. The molecule has 0 aliphatic rings. The Morgan fingerprint density at radius 2 is 1.49 bits per heavy atom. The number of amides is 4. The first-order valence-electron chi connectivity index (χ1n) is 11.8. The van der Waals surface area contributed by atoms with Crippen molar-refractivity contribution in [1.82, 2.24) is 16.0 Å². The van der Waals surface area contributed by atoms with Crippen molar-refractivity contribution >= 4 is 35.6 Å². The van der Waals surface area contributed by atoms with Crippen LogP contribution in [-0.2, 0) is 14.4 Å². The number of carboxylic acids is 1. The minimum absolute atomic E-state index is 0.0639. The lowest BCUT2D eigenvalue weighted by Gasteiger charge is -2.21. The molecule has 198 valence electrons. The van der Waals surface area contributed by atoms with Gasteiger partial charge in [0.1, 0.15) is 12.1 Å². The maximum Gasteiger partial charge on any atom is 0.327 e. The number of aliphatic carboxylic acids is 1. The van der Waals surface area contributed by atoms with Gasteiger partial charge in [0, 0.05) is 25.0 Å². The van der Waals surface area contributed by atoms with Crippen molar-refractivity contribution in [2.24, 2.45) is 5.73 Å². The normalized spacial score (nSPS) is 13.4. The molecule has 1 unspecified atom stereocenters. The number of thioether (sulfide) groups is 1. The molecule has 0 rings (SSSR count). The van der Waals surface area contributed by atoms with Gasteiger partial charge in [-0.25, -0.2) is 9.59 Å². The second kappa shape index (κ2) is 18.6. The largest absolute Gasteiger partial charge is 0.480 e. The Balaban J connectivity index is 4.60. The standard InChI is InChI=1S/C25H42N4O5S/c1-17(2)8-6-9-18(3)10-7-11-19(4)13-15-35-16-22(24(32)33)29-23(31)21(28-20(5)30)12-14-27-25(26)34/h8,10,13,21-22H,6-7,9,11-12,14-16H2,1-5H3,(H,28,30)(H,29,31)(H,32,33)(H3,26,27,34)/b18-10+,19-13+/t21?,22-/m0/s1. The van der Waals surface area contributed by atoms with Gasteiger partial charge in [0.2, 0.25) is 11.8 Å². The molecule has 0 aliphatic carbocycles. The van der Waals surface area contributed by atoms with E-state index in [0.717, 1.165) is 25.7 Å². The number of hydrogen-bond acceptors (Lipinski definition) is 5. The number of rotatable bonds is 17. The molecular formula is C25H42N4O5S. The molecule has 0 spiro atoms. The summed E-state index contributed by atoms with van der Waals surface area (Å²) in [4.78, 5) is 46.3. The molecule has 35 heavy (non-hydrogen) atoms. The van der Waals surface area contributed by atoms with Crippen molar-refractivity contribution in [2.75, 3.05) is 18.1 Å². The average Bonchev–Trinajstić information content (AvgIpc) is 2.74. The molecule has 0 aromatic rings. The number of allylic oxidation sites excluding steroid dienone is 5. The number of carbonyl (C=O) groups is 4. The molecule has 10 heteroatoms. The Hall–Kier alpha value is -2.75. The molecule has 0 aromatic heterocycles. The van der Waals surface area contributed by atoms with E-state index in [1.807, 2.05) is 0 Å².